The molecule has 1 heterocycles. The zero-order valence-corrected chi connectivity index (χ0v) is 13.1. The average Bonchev–Trinajstić information content (AvgIpc) is 3.14. The number of hydrogen-bond donors (Lipinski definition) is 2. The van der Waals surface area contributed by atoms with Crippen LogP contribution in [0.1, 0.15) is 34.0 Å². The van der Waals surface area contributed by atoms with E-state index in [-0.39, 0.29) is 6.04 Å². The molecule has 0 fully saturated rings. The maximum Gasteiger partial charge on any atom is 0.166 e. The Labute approximate surface area is 129 Å². The minimum absolute atomic E-state index is 0.140. The highest BCUT2D eigenvalue weighted by atomic mass is 32.1. The number of fused-ring (bicyclic) bond motifs is 1. The molecular weight excluding hydrogens is 284 g/mol. The summed E-state index contributed by atoms with van der Waals surface area (Å²) in [7, 11) is 1.85. The number of aryl methyl sites for hydroxylation is 2. The van der Waals surface area contributed by atoms with E-state index in [9.17, 15) is 0 Å². The van der Waals surface area contributed by atoms with Gasteiger partial charge in [0.15, 0.2) is 5.11 Å². The largest absolute Gasteiger partial charge is 0.366 e. The molecule has 0 aliphatic heterocycles. The van der Waals surface area contributed by atoms with E-state index < -0.39 is 0 Å². The first-order chi connectivity index (χ1) is 9.78. The molecule has 1 aromatic heterocycles. The van der Waals surface area contributed by atoms with Gasteiger partial charge in [-0.25, -0.2) is 0 Å². The number of rotatable bonds is 3. The summed E-state index contributed by atoms with van der Waals surface area (Å²) < 4.78 is 0. The van der Waals surface area contributed by atoms with Gasteiger partial charge < -0.3 is 10.6 Å². The van der Waals surface area contributed by atoms with Crippen LogP contribution < -0.4 is 10.6 Å². The first kappa shape index (κ1) is 13.6. The molecule has 104 valence electrons. The molecule has 1 aliphatic rings. The summed E-state index contributed by atoms with van der Waals surface area (Å²) in [5.74, 6) is 0. The van der Waals surface area contributed by atoms with Crippen LogP contribution in [0.4, 0.5) is 0 Å². The zero-order chi connectivity index (χ0) is 13.9. The lowest BCUT2D eigenvalue weighted by Crippen LogP contribution is -2.35. The molecule has 20 heavy (non-hydrogen) atoms. The van der Waals surface area contributed by atoms with Crippen LogP contribution in [0, 0.1) is 0 Å². The molecule has 0 radical (unpaired) electrons. The average molecular weight is 302 g/mol. The van der Waals surface area contributed by atoms with E-state index in [0.29, 0.717) is 5.11 Å². The second-order valence-corrected chi connectivity index (χ2v) is 6.44. The molecule has 0 saturated heterocycles. The van der Waals surface area contributed by atoms with Gasteiger partial charge in [0.05, 0.1) is 6.04 Å². The highest BCUT2D eigenvalue weighted by Crippen LogP contribution is 2.30. The number of hydrogen-bond acceptors (Lipinski definition) is 2. The predicted molar refractivity (Wildman–Crippen MR) is 89.4 cm³/mol. The third kappa shape index (κ3) is 2.72. The van der Waals surface area contributed by atoms with Crippen molar-refractivity contribution >= 4 is 28.7 Å². The van der Waals surface area contributed by atoms with E-state index in [1.165, 1.54) is 40.8 Å². The molecule has 2 aromatic rings. The topological polar surface area (TPSA) is 24.1 Å². The van der Waals surface area contributed by atoms with Gasteiger partial charge in [0, 0.05) is 11.9 Å². The lowest BCUT2D eigenvalue weighted by atomic mass is 10.00. The molecule has 0 bridgehead atoms. The minimum Gasteiger partial charge on any atom is -0.366 e. The van der Waals surface area contributed by atoms with E-state index in [1.807, 2.05) is 7.05 Å². The standard InChI is InChI=1S/C16H18N2S2/c1-17-16(19)18-15(14-6-3-9-20-14)13-8-7-11-4-2-5-12(11)10-13/h3,6-10,15H,2,4-5H2,1H3,(H2,17,18,19)/t15-/m0/s1. The van der Waals surface area contributed by atoms with Crippen LogP contribution in [-0.4, -0.2) is 12.2 Å². The number of thiophene rings is 1. The van der Waals surface area contributed by atoms with Crippen LogP contribution in [0.25, 0.3) is 0 Å². The zero-order valence-electron chi connectivity index (χ0n) is 11.5. The first-order valence-electron chi connectivity index (χ1n) is 6.91. The van der Waals surface area contributed by atoms with Crippen LogP contribution >= 0.6 is 23.6 Å². The molecule has 1 atom stereocenters. The number of benzene rings is 1. The molecule has 0 spiro atoms. The molecule has 4 heteroatoms. The molecule has 0 unspecified atom stereocenters. The molecule has 2 nitrogen and oxygen atoms in total. The summed E-state index contributed by atoms with van der Waals surface area (Å²) >= 11 is 7.05. The van der Waals surface area contributed by atoms with Crippen LogP contribution in [0.15, 0.2) is 35.7 Å². The Bertz CT molecular complexity index is 605. The van der Waals surface area contributed by atoms with Gasteiger partial charge in [0.1, 0.15) is 0 Å². The predicted octanol–water partition coefficient (Wildman–Crippen LogP) is 3.42. The van der Waals surface area contributed by atoms with Gasteiger partial charge >= 0.3 is 0 Å². The van der Waals surface area contributed by atoms with Crippen molar-refractivity contribution in [1.82, 2.24) is 10.6 Å². The summed E-state index contributed by atoms with van der Waals surface area (Å²) in [6.07, 6.45) is 3.71. The molecule has 1 aromatic carbocycles. The van der Waals surface area contributed by atoms with Gasteiger partial charge in [-0.1, -0.05) is 24.3 Å². The Hall–Kier alpha value is -1.39. The second kappa shape index (κ2) is 5.94. The summed E-state index contributed by atoms with van der Waals surface area (Å²) in [4.78, 5) is 1.29. The van der Waals surface area contributed by atoms with Crippen LogP contribution in [0.5, 0.6) is 0 Å². The minimum atomic E-state index is 0.140. The normalized spacial score (nSPS) is 14.7. The van der Waals surface area contributed by atoms with Crippen molar-refractivity contribution in [2.45, 2.75) is 25.3 Å². The maximum atomic E-state index is 5.29. The lowest BCUT2D eigenvalue weighted by Gasteiger charge is -2.20. The van der Waals surface area contributed by atoms with Crippen molar-refractivity contribution in [3.8, 4) is 0 Å². The Balaban J connectivity index is 1.94. The van der Waals surface area contributed by atoms with Crippen molar-refractivity contribution in [2.75, 3.05) is 7.05 Å². The number of thiocarbonyl (C=S) groups is 1. The number of nitrogens with one attached hydrogen (secondary N) is 2. The van der Waals surface area contributed by atoms with Crippen molar-refractivity contribution in [3.63, 3.8) is 0 Å². The van der Waals surface area contributed by atoms with Crippen molar-refractivity contribution in [1.29, 1.82) is 0 Å². The van der Waals surface area contributed by atoms with Crippen LogP contribution in [-0.2, 0) is 12.8 Å². The fourth-order valence-electron chi connectivity index (χ4n) is 2.75. The van der Waals surface area contributed by atoms with Gasteiger partial charge in [-0.05, 0) is 59.6 Å². The molecule has 1 aliphatic carbocycles. The highest BCUT2D eigenvalue weighted by Gasteiger charge is 2.19. The summed E-state index contributed by atoms with van der Waals surface area (Å²) in [5, 5.41) is 9.21. The second-order valence-electron chi connectivity index (χ2n) is 5.05. The monoisotopic (exact) mass is 302 g/mol. The molecule has 3 rings (SSSR count). The van der Waals surface area contributed by atoms with Gasteiger partial charge in [-0.3, -0.25) is 0 Å². The van der Waals surface area contributed by atoms with Gasteiger partial charge in [0.25, 0.3) is 0 Å². The highest BCUT2D eigenvalue weighted by molar-refractivity contribution is 7.80. The van der Waals surface area contributed by atoms with Crippen LogP contribution in [0.2, 0.25) is 0 Å². The Kier molecular flexibility index (Phi) is 4.03. The van der Waals surface area contributed by atoms with Crippen molar-refractivity contribution in [2.24, 2.45) is 0 Å². The molecular formula is C16H18N2S2. The van der Waals surface area contributed by atoms with Crippen LogP contribution in [0.3, 0.4) is 0 Å². The van der Waals surface area contributed by atoms with Gasteiger partial charge in [-0.2, -0.15) is 0 Å². The quantitative estimate of drug-likeness (QED) is 0.850. The third-order valence-corrected chi connectivity index (χ3v) is 5.05. The molecule has 0 saturated carbocycles. The SMILES string of the molecule is CNC(=S)N[C@@H](c1ccc2c(c1)CCC2)c1cccs1. The van der Waals surface area contributed by atoms with E-state index >= 15 is 0 Å². The summed E-state index contributed by atoms with van der Waals surface area (Å²) in [6.45, 7) is 0. The Morgan fingerprint density at radius 2 is 2.10 bits per heavy atom. The third-order valence-electron chi connectivity index (χ3n) is 3.79. The molecule has 2 N–H and O–H groups in total. The van der Waals surface area contributed by atoms with Gasteiger partial charge in [0.2, 0.25) is 0 Å². The Morgan fingerprint density at radius 3 is 2.85 bits per heavy atom. The first-order valence-corrected chi connectivity index (χ1v) is 8.20. The van der Waals surface area contributed by atoms with Crippen molar-refractivity contribution in [3.05, 3.63) is 57.3 Å². The fourth-order valence-corrected chi connectivity index (χ4v) is 3.67. The fraction of sp³-hybridized carbons (Fsp3) is 0.312. The summed E-state index contributed by atoms with van der Waals surface area (Å²) in [6, 6.07) is 11.2. The van der Waals surface area contributed by atoms with E-state index in [0.717, 1.165) is 0 Å². The van der Waals surface area contributed by atoms with E-state index in [4.69, 9.17) is 12.2 Å². The summed E-state index contributed by atoms with van der Waals surface area (Å²) in [5.41, 5.74) is 4.31. The van der Waals surface area contributed by atoms with E-state index in [1.54, 1.807) is 11.3 Å². The Morgan fingerprint density at radius 1 is 1.25 bits per heavy atom. The molecule has 0 amide bonds. The smallest absolute Gasteiger partial charge is 0.166 e. The lowest BCUT2D eigenvalue weighted by molar-refractivity contribution is 0.765. The maximum absolute atomic E-state index is 5.29. The van der Waals surface area contributed by atoms with Crippen molar-refractivity contribution < 1.29 is 0 Å². The van der Waals surface area contributed by atoms with Gasteiger partial charge in [-0.15, -0.1) is 11.3 Å². The van der Waals surface area contributed by atoms with E-state index in [2.05, 4.69) is 46.3 Å².